The van der Waals surface area contributed by atoms with Crippen molar-refractivity contribution in [2.75, 3.05) is 11.9 Å². The second-order valence-corrected chi connectivity index (χ2v) is 4.94. The van der Waals surface area contributed by atoms with Gasteiger partial charge in [0.05, 0.1) is 5.54 Å². The Morgan fingerprint density at radius 1 is 1.50 bits per heavy atom. The van der Waals surface area contributed by atoms with Gasteiger partial charge in [-0.2, -0.15) is 8.78 Å². The first-order valence-electron chi connectivity index (χ1n) is 6.78. The molecule has 1 aromatic rings. The summed E-state index contributed by atoms with van der Waals surface area (Å²) < 4.78 is 41.7. The Balaban J connectivity index is 0.00000242. The van der Waals surface area contributed by atoms with E-state index in [0.29, 0.717) is 12.8 Å². The maximum atomic E-state index is 13.6. The third-order valence-corrected chi connectivity index (χ3v) is 3.69. The largest absolute Gasteiger partial charge is 0.432 e. The summed E-state index contributed by atoms with van der Waals surface area (Å²) in [6, 6.07) is 3.36. The van der Waals surface area contributed by atoms with Crippen LogP contribution >= 0.6 is 12.4 Å². The van der Waals surface area contributed by atoms with Crippen LogP contribution in [0.2, 0.25) is 0 Å². The molecule has 1 aliphatic rings. The molecule has 1 amide bonds. The molecule has 0 spiro atoms. The Hall–Kier alpha value is -1.47. The van der Waals surface area contributed by atoms with Gasteiger partial charge in [-0.05, 0) is 37.9 Å². The van der Waals surface area contributed by atoms with Crippen LogP contribution in [-0.2, 0) is 4.79 Å². The predicted octanol–water partition coefficient (Wildman–Crippen LogP) is 3.32. The fourth-order valence-electron chi connectivity index (χ4n) is 2.48. The van der Waals surface area contributed by atoms with Crippen molar-refractivity contribution in [1.29, 1.82) is 0 Å². The van der Waals surface area contributed by atoms with Crippen molar-refractivity contribution >= 4 is 24.0 Å². The van der Waals surface area contributed by atoms with E-state index < -0.39 is 23.7 Å². The normalized spacial score (nSPS) is 20.6. The lowest BCUT2D eigenvalue weighted by Gasteiger charge is -2.26. The number of anilines is 1. The number of ether oxygens (including phenoxy) is 1. The average Bonchev–Trinajstić information content (AvgIpc) is 2.91. The molecule has 0 saturated carbocycles. The van der Waals surface area contributed by atoms with Gasteiger partial charge in [0, 0.05) is 11.8 Å². The van der Waals surface area contributed by atoms with E-state index >= 15 is 0 Å². The maximum Gasteiger partial charge on any atom is 0.387 e. The van der Waals surface area contributed by atoms with Crippen LogP contribution in [0.4, 0.5) is 18.9 Å². The molecule has 124 valence electrons. The molecule has 4 nitrogen and oxygen atoms in total. The molecule has 0 radical (unpaired) electrons. The number of rotatable bonds is 5. The summed E-state index contributed by atoms with van der Waals surface area (Å²) in [5.74, 6) is -1.74. The first-order valence-corrected chi connectivity index (χ1v) is 6.78. The average molecular weight is 339 g/mol. The smallest absolute Gasteiger partial charge is 0.387 e. The first-order chi connectivity index (χ1) is 9.97. The van der Waals surface area contributed by atoms with Crippen molar-refractivity contribution < 1.29 is 22.7 Å². The van der Waals surface area contributed by atoms with E-state index in [1.807, 2.05) is 6.92 Å². The van der Waals surface area contributed by atoms with Gasteiger partial charge in [-0.15, -0.1) is 12.4 Å². The van der Waals surface area contributed by atoms with Gasteiger partial charge in [-0.1, -0.05) is 6.92 Å². The number of carbonyl (C=O) groups excluding carboxylic acids is 1. The van der Waals surface area contributed by atoms with Gasteiger partial charge in [0.1, 0.15) is 0 Å². The van der Waals surface area contributed by atoms with Crippen molar-refractivity contribution in [2.45, 2.75) is 38.3 Å². The van der Waals surface area contributed by atoms with Crippen LogP contribution in [-0.4, -0.2) is 24.6 Å². The number of benzene rings is 1. The van der Waals surface area contributed by atoms with Gasteiger partial charge in [0.2, 0.25) is 5.91 Å². The minimum absolute atomic E-state index is 0. The lowest BCUT2D eigenvalue weighted by atomic mass is 9.93. The summed E-state index contributed by atoms with van der Waals surface area (Å²) in [6.07, 6.45) is 2.23. The highest BCUT2D eigenvalue weighted by molar-refractivity contribution is 5.98. The Morgan fingerprint density at radius 3 is 2.73 bits per heavy atom. The summed E-state index contributed by atoms with van der Waals surface area (Å²) >= 11 is 0. The summed E-state index contributed by atoms with van der Waals surface area (Å²) in [7, 11) is 0. The third kappa shape index (κ3) is 4.04. The molecule has 1 heterocycles. The minimum Gasteiger partial charge on any atom is -0.432 e. The topological polar surface area (TPSA) is 50.4 Å². The molecule has 1 unspecified atom stereocenters. The van der Waals surface area contributed by atoms with E-state index in [-0.39, 0.29) is 24.0 Å². The van der Waals surface area contributed by atoms with Crippen molar-refractivity contribution in [3.63, 3.8) is 0 Å². The Bertz CT molecular complexity index is 523. The van der Waals surface area contributed by atoms with Gasteiger partial charge < -0.3 is 15.4 Å². The van der Waals surface area contributed by atoms with E-state index in [1.54, 1.807) is 0 Å². The van der Waals surface area contributed by atoms with Crippen molar-refractivity contribution in [1.82, 2.24) is 5.32 Å². The number of nitrogens with one attached hydrogen (secondary N) is 2. The number of amides is 1. The van der Waals surface area contributed by atoms with Gasteiger partial charge >= 0.3 is 6.61 Å². The molecule has 0 bridgehead atoms. The van der Waals surface area contributed by atoms with Gasteiger partial charge in [-0.3, -0.25) is 4.79 Å². The molecule has 22 heavy (non-hydrogen) atoms. The molecular formula is C14H18ClF3N2O2. The molecule has 1 aromatic carbocycles. The zero-order valence-electron chi connectivity index (χ0n) is 12.0. The fraction of sp³-hybridized carbons (Fsp3) is 0.500. The zero-order valence-corrected chi connectivity index (χ0v) is 12.8. The predicted molar refractivity (Wildman–Crippen MR) is 79.2 cm³/mol. The highest BCUT2D eigenvalue weighted by Gasteiger charge is 2.39. The quantitative estimate of drug-likeness (QED) is 0.866. The van der Waals surface area contributed by atoms with Crippen molar-refractivity contribution in [2.24, 2.45) is 0 Å². The van der Waals surface area contributed by atoms with Crippen molar-refractivity contribution in [3.8, 4) is 5.75 Å². The van der Waals surface area contributed by atoms with E-state index in [9.17, 15) is 18.0 Å². The molecule has 1 fully saturated rings. The molecule has 1 aliphatic heterocycles. The van der Waals surface area contributed by atoms with Gasteiger partial charge in [0.15, 0.2) is 11.6 Å². The van der Waals surface area contributed by atoms with Crippen LogP contribution in [0.15, 0.2) is 18.2 Å². The lowest BCUT2D eigenvalue weighted by molar-refractivity contribution is -0.122. The Morgan fingerprint density at radius 2 is 2.23 bits per heavy atom. The zero-order chi connectivity index (χ0) is 15.5. The highest BCUT2D eigenvalue weighted by Crippen LogP contribution is 2.27. The fourth-order valence-corrected chi connectivity index (χ4v) is 2.48. The van der Waals surface area contributed by atoms with Crippen LogP contribution in [0, 0.1) is 5.82 Å². The van der Waals surface area contributed by atoms with Crippen LogP contribution in [0.25, 0.3) is 0 Å². The molecule has 0 aromatic heterocycles. The van der Waals surface area contributed by atoms with Crippen molar-refractivity contribution in [3.05, 3.63) is 24.0 Å². The summed E-state index contributed by atoms with van der Waals surface area (Å²) in [6.45, 7) is -0.430. The van der Waals surface area contributed by atoms with Crippen LogP contribution in [0.5, 0.6) is 5.75 Å². The van der Waals surface area contributed by atoms with E-state index in [1.165, 1.54) is 6.07 Å². The number of hydrogen-bond acceptors (Lipinski definition) is 3. The first kappa shape index (κ1) is 18.6. The summed E-state index contributed by atoms with van der Waals surface area (Å²) in [5, 5.41) is 5.77. The van der Waals surface area contributed by atoms with Crippen LogP contribution < -0.4 is 15.4 Å². The van der Waals surface area contributed by atoms with E-state index in [0.717, 1.165) is 25.1 Å². The number of halogens is 4. The number of carbonyl (C=O) groups is 1. The minimum atomic E-state index is -3.09. The number of alkyl halides is 2. The highest BCUT2D eigenvalue weighted by atomic mass is 35.5. The van der Waals surface area contributed by atoms with E-state index in [4.69, 9.17) is 0 Å². The second-order valence-electron chi connectivity index (χ2n) is 4.94. The van der Waals surface area contributed by atoms with Gasteiger partial charge in [0.25, 0.3) is 0 Å². The third-order valence-electron chi connectivity index (χ3n) is 3.69. The Labute approximate surface area is 132 Å². The molecule has 8 heteroatoms. The monoisotopic (exact) mass is 338 g/mol. The molecule has 2 rings (SSSR count). The maximum absolute atomic E-state index is 13.6. The molecular weight excluding hydrogens is 321 g/mol. The summed E-state index contributed by atoms with van der Waals surface area (Å²) in [4.78, 5) is 12.3. The standard InChI is InChI=1S/C14H17F3N2O2.ClH/c1-2-14(6-3-7-18-14)12(20)19-9-4-5-11(10(15)8-9)21-13(16)17;/h4-5,8,13,18H,2-3,6-7H2,1H3,(H,19,20);1H. The van der Waals surface area contributed by atoms with Crippen LogP contribution in [0.3, 0.4) is 0 Å². The molecule has 1 saturated heterocycles. The SMILES string of the molecule is CCC1(C(=O)Nc2ccc(OC(F)F)c(F)c2)CCCN1.Cl. The van der Waals surface area contributed by atoms with Gasteiger partial charge in [-0.25, -0.2) is 4.39 Å². The Kier molecular flexibility index (Phi) is 6.49. The summed E-state index contributed by atoms with van der Waals surface area (Å²) in [5.41, 5.74) is -0.435. The molecule has 0 aliphatic carbocycles. The molecule has 1 atom stereocenters. The van der Waals surface area contributed by atoms with E-state index in [2.05, 4.69) is 15.4 Å². The second kappa shape index (κ2) is 7.69. The molecule has 2 N–H and O–H groups in total. The number of hydrogen-bond donors (Lipinski definition) is 2. The lowest BCUT2D eigenvalue weighted by Crippen LogP contribution is -2.50. The van der Waals surface area contributed by atoms with Crippen LogP contribution in [0.1, 0.15) is 26.2 Å².